The van der Waals surface area contributed by atoms with E-state index in [9.17, 15) is 9.59 Å². The van der Waals surface area contributed by atoms with Gasteiger partial charge in [-0.3, -0.25) is 9.59 Å². The van der Waals surface area contributed by atoms with Crippen molar-refractivity contribution >= 4 is 11.9 Å². The summed E-state index contributed by atoms with van der Waals surface area (Å²) >= 11 is 0. The summed E-state index contributed by atoms with van der Waals surface area (Å²) in [5, 5.41) is 0. The first-order chi connectivity index (χ1) is 23.1. The lowest BCUT2D eigenvalue weighted by Crippen LogP contribution is -2.32. The van der Waals surface area contributed by atoms with Crippen molar-refractivity contribution in [3.8, 4) is 0 Å². The zero-order valence-electron chi connectivity index (χ0n) is 31.8. The Balaban J connectivity index is 4.14. The van der Waals surface area contributed by atoms with Gasteiger partial charge in [-0.05, 0) is 51.6 Å². The van der Waals surface area contributed by atoms with Gasteiger partial charge in [0.1, 0.15) is 6.61 Å². The molecule has 0 aromatic heterocycles. The summed E-state index contributed by atoms with van der Waals surface area (Å²) in [5.41, 5.74) is 0. The highest BCUT2D eigenvalue weighted by atomic mass is 16.6. The summed E-state index contributed by atoms with van der Waals surface area (Å²) in [6, 6.07) is 0. The SMILES string of the molecule is CCCCCCCC/C=C\CCCCCCCC(=O)OC(COCCN(CC)CC)COC(=O)CCCCCCCCCCCCC. The third-order valence-corrected chi connectivity index (χ3v) is 9.11. The third kappa shape index (κ3) is 34.3. The Labute approximate surface area is 292 Å². The molecule has 0 aliphatic rings. The Morgan fingerprint density at radius 3 is 1.43 bits per heavy atom. The van der Waals surface area contributed by atoms with E-state index in [0.29, 0.717) is 19.4 Å². The molecule has 0 N–H and O–H groups in total. The molecule has 6 nitrogen and oxygen atoms in total. The summed E-state index contributed by atoms with van der Waals surface area (Å²) in [4.78, 5) is 27.3. The molecule has 0 fully saturated rings. The molecule has 0 aliphatic carbocycles. The second-order valence-corrected chi connectivity index (χ2v) is 13.5. The first-order valence-electron chi connectivity index (χ1n) is 20.4. The van der Waals surface area contributed by atoms with Gasteiger partial charge >= 0.3 is 11.9 Å². The van der Waals surface area contributed by atoms with Crippen molar-refractivity contribution in [2.75, 3.05) is 39.5 Å². The zero-order valence-corrected chi connectivity index (χ0v) is 31.8. The first kappa shape index (κ1) is 45.6. The number of unbranched alkanes of at least 4 members (excludes halogenated alkanes) is 21. The summed E-state index contributed by atoms with van der Waals surface area (Å²) in [6.45, 7) is 12.5. The molecule has 1 atom stereocenters. The zero-order chi connectivity index (χ0) is 34.5. The normalized spacial score (nSPS) is 12.3. The van der Waals surface area contributed by atoms with E-state index in [1.54, 1.807) is 0 Å². The maximum Gasteiger partial charge on any atom is 0.306 e. The Bertz CT molecular complexity index is 693. The highest BCUT2D eigenvalue weighted by Crippen LogP contribution is 2.13. The van der Waals surface area contributed by atoms with Crippen LogP contribution in [0.15, 0.2) is 12.2 Å². The lowest BCUT2D eigenvalue weighted by Gasteiger charge is -2.21. The van der Waals surface area contributed by atoms with Gasteiger partial charge in [0.05, 0.1) is 13.2 Å². The number of likely N-dealkylation sites (N-methyl/N-ethyl adjacent to an activating group) is 1. The Kier molecular flexibility index (Phi) is 36.3. The summed E-state index contributed by atoms with van der Waals surface area (Å²) in [6.07, 6.45) is 34.7. The summed E-state index contributed by atoms with van der Waals surface area (Å²) in [7, 11) is 0. The largest absolute Gasteiger partial charge is 0.462 e. The standard InChI is InChI=1S/C41H79NO5/c1-5-9-11-13-15-17-19-20-21-22-24-26-28-30-32-34-41(44)47-39(37-45-36-35-42(7-3)8-4)38-46-40(43)33-31-29-27-25-23-18-16-14-12-10-6-2/h20-21,39H,5-19,22-38H2,1-4H3/b21-20-. The molecule has 0 radical (unpaired) electrons. The molecule has 0 saturated carbocycles. The Morgan fingerprint density at radius 1 is 0.532 bits per heavy atom. The van der Waals surface area contributed by atoms with Crippen LogP contribution in [-0.4, -0.2) is 62.4 Å². The van der Waals surface area contributed by atoms with Crippen LogP contribution in [0.1, 0.15) is 195 Å². The average Bonchev–Trinajstić information content (AvgIpc) is 3.07. The fourth-order valence-corrected chi connectivity index (χ4v) is 5.84. The van der Waals surface area contributed by atoms with Crippen molar-refractivity contribution in [2.45, 2.75) is 201 Å². The van der Waals surface area contributed by atoms with E-state index in [1.165, 1.54) is 116 Å². The van der Waals surface area contributed by atoms with Crippen LogP contribution >= 0.6 is 0 Å². The van der Waals surface area contributed by atoms with Crippen LogP contribution < -0.4 is 0 Å². The summed E-state index contributed by atoms with van der Waals surface area (Å²) < 4.78 is 17.1. The molecule has 0 aromatic carbocycles. The minimum Gasteiger partial charge on any atom is -0.462 e. The van der Waals surface area contributed by atoms with Crippen molar-refractivity contribution in [3.63, 3.8) is 0 Å². The van der Waals surface area contributed by atoms with E-state index >= 15 is 0 Å². The van der Waals surface area contributed by atoms with E-state index in [-0.39, 0.29) is 25.2 Å². The number of nitrogens with zero attached hydrogens (tertiary/aromatic N) is 1. The lowest BCUT2D eigenvalue weighted by atomic mass is 10.1. The molecule has 47 heavy (non-hydrogen) atoms. The second-order valence-electron chi connectivity index (χ2n) is 13.5. The lowest BCUT2D eigenvalue weighted by molar-refractivity contribution is -0.163. The van der Waals surface area contributed by atoms with Crippen LogP contribution in [0.25, 0.3) is 0 Å². The molecular formula is C41H79NO5. The van der Waals surface area contributed by atoms with E-state index < -0.39 is 6.10 Å². The first-order valence-corrected chi connectivity index (χ1v) is 20.4. The quantitative estimate of drug-likeness (QED) is 0.0374. The molecule has 0 rings (SSSR count). The number of hydrogen-bond acceptors (Lipinski definition) is 6. The van der Waals surface area contributed by atoms with Gasteiger partial charge in [-0.1, -0.05) is 155 Å². The van der Waals surface area contributed by atoms with Crippen molar-refractivity contribution < 1.29 is 23.8 Å². The molecule has 0 bridgehead atoms. The maximum absolute atomic E-state index is 12.6. The van der Waals surface area contributed by atoms with Gasteiger partial charge in [-0.15, -0.1) is 0 Å². The fraction of sp³-hybridized carbons (Fsp3) is 0.902. The number of ether oxygens (including phenoxy) is 3. The van der Waals surface area contributed by atoms with E-state index in [4.69, 9.17) is 14.2 Å². The van der Waals surface area contributed by atoms with Crippen LogP contribution in [0.5, 0.6) is 0 Å². The number of carbonyl (C=O) groups excluding carboxylic acids is 2. The van der Waals surface area contributed by atoms with Crippen LogP contribution in [-0.2, 0) is 23.8 Å². The maximum atomic E-state index is 12.6. The summed E-state index contributed by atoms with van der Waals surface area (Å²) in [5.74, 6) is -0.427. The molecule has 1 unspecified atom stereocenters. The molecule has 0 heterocycles. The van der Waals surface area contributed by atoms with Crippen molar-refractivity contribution in [1.29, 1.82) is 0 Å². The van der Waals surface area contributed by atoms with Gasteiger partial charge in [-0.25, -0.2) is 0 Å². The number of hydrogen-bond donors (Lipinski definition) is 0. The number of rotatable bonds is 37. The van der Waals surface area contributed by atoms with Gasteiger partial charge in [0.25, 0.3) is 0 Å². The Hall–Kier alpha value is -1.40. The smallest absolute Gasteiger partial charge is 0.306 e. The highest BCUT2D eigenvalue weighted by Gasteiger charge is 2.18. The minimum absolute atomic E-state index is 0.0697. The molecular weight excluding hydrogens is 586 g/mol. The van der Waals surface area contributed by atoms with Gasteiger partial charge in [0.2, 0.25) is 0 Å². The predicted molar refractivity (Wildman–Crippen MR) is 200 cm³/mol. The number of allylic oxidation sites excluding steroid dienone is 2. The van der Waals surface area contributed by atoms with Gasteiger partial charge in [-0.2, -0.15) is 0 Å². The van der Waals surface area contributed by atoms with Crippen molar-refractivity contribution in [3.05, 3.63) is 12.2 Å². The fourth-order valence-electron chi connectivity index (χ4n) is 5.84. The topological polar surface area (TPSA) is 65.1 Å². The van der Waals surface area contributed by atoms with Gasteiger partial charge in [0, 0.05) is 19.4 Å². The van der Waals surface area contributed by atoms with E-state index in [0.717, 1.165) is 58.2 Å². The van der Waals surface area contributed by atoms with E-state index in [2.05, 4.69) is 44.7 Å². The van der Waals surface area contributed by atoms with Gasteiger partial charge < -0.3 is 19.1 Å². The average molecular weight is 666 g/mol. The van der Waals surface area contributed by atoms with Crippen molar-refractivity contribution in [1.82, 2.24) is 4.90 Å². The molecule has 0 saturated heterocycles. The molecule has 0 spiro atoms. The molecule has 0 aromatic rings. The molecule has 278 valence electrons. The molecule has 0 amide bonds. The second kappa shape index (κ2) is 37.4. The molecule has 0 aliphatic heterocycles. The van der Waals surface area contributed by atoms with Crippen LogP contribution in [0.4, 0.5) is 0 Å². The monoisotopic (exact) mass is 666 g/mol. The number of carbonyl (C=O) groups is 2. The van der Waals surface area contributed by atoms with Crippen LogP contribution in [0.3, 0.4) is 0 Å². The molecule has 6 heteroatoms. The minimum atomic E-state index is -0.552. The predicted octanol–water partition coefficient (Wildman–Crippen LogP) is 11.5. The third-order valence-electron chi connectivity index (χ3n) is 9.11. The number of esters is 2. The van der Waals surface area contributed by atoms with Crippen LogP contribution in [0.2, 0.25) is 0 Å². The highest BCUT2D eigenvalue weighted by molar-refractivity contribution is 5.70. The van der Waals surface area contributed by atoms with Crippen LogP contribution in [0, 0.1) is 0 Å². The Morgan fingerprint density at radius 2 is 0.957 bits per heavy atom. The van der Waals surface area contributed by atoms with E-state index in [1.807, 2.05) is 0 Å². The van der Waals surface area contributed by atoms with Crippen molar-refractivity contribution in [2.24, 2.45) is 0 Å². The van der Waals surface area contributed by atoms with Gasteiger partial charge in [0.15, 0.2) is 6.10 Å².